The smallest absolute Gasteiger partial charge is 0.256 e. The molecule has 3 fully saturated rings. The zero-order valence-corrected chi connectivity index (χ0v) is 12.7. The summed E-state index contributed by atoms with van der Waals surface area (Å²) in [6.45, 7) is 4.40. The van der Waals surface area contributed by atoms with Crippen molar-refractivity contribution in [1.29, 1.82) is 0 Å². The van der Waals surface area contributed by atoms with Crippen LogP contribution in [0.5, 0.6) is 0 Å². The molecule has 1 aromatic heterocycles. The highest BCUT2D eigenvalue weighted by atomic mass is 16.7. The largest absolute Gasteiger partial charge is 0.468 e. The van der Waals surface area contributed by atoms with Crippen LogP contribution in [0.3, 0.4) is 0 Å². The van der Waals surface area contributed by atoms with Crippen LogP contribution in [0.2, 0.25) is 0 Å². The molecule has 3 saturated heterocycles. The maximum atomic E-state index is 13.0. The first-order valence-corrected chi connectivity index (χ1v) is 8.09. The first-order valence-electron chi connectivity index (χ1n) is 8.09. The molecule has 3 aliphatic rings. The molecule has 0 spiro atoms. The van der Waals surface area contributed by atoms with Crippen LogP contribution in [-0.4, -0.2) is 54.8 Å². The van der Waals surface area contributed by atoms with Gasteiger partial charge in [-0.25, -0.2) is 5.06 Å². The molecule has 0 aliphatic carbocycles. The molecule has 1 amide bonds. The van der Waals surface area contributed by atoms with Crippen LogP contribution in [-0.2, 0) is 20.9 Å². The van der Waals surface area contributed by atoms with E-state index in [0.29, 0.717) is 19.8 Å². The van der Waals surface area contributed by atoms with Gasteiger partial charge in [0.05, 0.1) is 37.5 Å². The quantitative estimate of drug-likeness (QED) is 0.845. The second kappa shape index (κ2) is 5.68. The molecule has 6 heteroatoms. The Hall–Kier alpha value is -1.37. The van der Waals surface area contributed by atoms with Crippen LogP contribution in [0.25, 0.3) is 0 Å². The molecule has 0 bridgehead atoms. The Kier molecular flexibility index (Phi) is 3.68. The van der Waals surface area contributed by atoms with E-state index in [2.05, 4.69) is 4.90 Å². The number of piperidine rings is 1. The monoisotopic (exact) mass is 306 g/mol. The minimum Gasteiger partial charge on any atom is -0.468 e. The average Bonchev–Trinajstić information content (AvgIpc) is 3.27. The molecule has 22 heavy (non-hydrogen) atoms. The number of carbonyl (C=O) groups is 1. The first-order chi connectivity index (χ1) is 10.8. The van der Waals surface area contributed by atoms with Gasteiger partial charge in [0.15, 0.2) is 0 Å². The van der Waals surface area contributed by atoms with Gasteiger partial charge in [-0.2, -0.15) is 0 Å². The van der Waals surface area contributed by atoms with Crippen LogP contribution in [0, 0.1) is 5.41 Å². The Morgan fingerprint density at radius 1 is 1.36 bits per heavy atom. The highest BCUT2D eigenvalue weighted by Gasteiger charge is 2.55. The molecule has 0 saturated carbocycles. The summed E-state index contributed by atoms with van der Waals surface area (Å²) in [6.07, 6.45) is 4.31. The minimum atomic E-state index is -0.449. The molecule has 0 N–H and O–H groups in total. The Morgan fingerprint density at radius 2 is 2.32 bits per heavy atom. The standard InChI is InChI=1S/C16H22N2O4/c19-15(18-6-2-9-22-18)16-5-10-21-14(16)4-7-17(12-16)11-13-3-1-8-20-13/h1,3,8,14H,2,4-7,9-12H2/t14-,16-/m1/s1. The molecule has 0 unspecified atom stereocenters. The summed E-state index contributed by atoms with van der Waals surface area (Å²) in [5, 5.41) is 1.57. The van der Waals surface area contributed by atoms with Gasteiger partial charge in [0.2, 0.25) is 0 Å². The lowest BCUT2D eigenvalue weighted by molar-refractivity contribution is -0.187. The Balaban J connectivity index is 1.53. The zero-order chi connectivity index (χ0) is 15.0. The molecular formula is C16H22N2O4. The number of hydroxylamine groups is 2. The van der Waals surface area contributed by atoms with Gasteiger partial charge in [-0.1, -0.05) is 0 Å². The molecule has 0 radical (unpaired) electrons. The topological polar surface area (TPSA) is 55.2 Å². The molecule has 2 atom stereocenters. The third-order valence-corrected chi connectivity index (χ3v) is 5.06. The highest BCUT2D eigenvalue weighted by molar-refractivity contribution is 5.83. The SMILES string of the molecule is O=C(N1CCCO1)[C@@]12CCO[C@@H]1CCN(Cc1ccco1)C2. The summed E-state index contributed by atoms with van der Waals surface area (Å²) in [5.74, 6) is 1.05. The van der Waals surface area contributed by atoms with Gasteiger partial charge in [0, 0.05) is 19.7 Å². The second-order valence-corrected chi connectivity index (χ2v) is 6.44. The summed E-state index contributed by atoms with van der Waals surface area (Å²) in [7, 11) is 0. The normalized spacial score (nSPS) is 32.4. The van der Waals surface area contributed by atoms with E-state index in [1.54, 1.807) is 11.3 Å². The van der Waals surface area contributed by atoms with E-state index in [1.807, 2.05) is 12.1 Å². The molecule has 120 valence electrons. The van der Waals surface area contributed by atoms with Crippen molar-refractivity contribution in [3.63, 3.8) is 0 Å². The predicted octanol–water partition coefficient (Wildman–Crippen LogP) is 1.42. The summed E-state index contributed by atoms with van der Waals surface area (Å²) >= 11 is 0. The molecule has 1 aromatic rings. The van der Waals surface area contributed by atoms with E-state index in [-0.39, 0.29) is 12.0 Å². The Morgan fingerprint density at radius 3 is 3.09 bits per heavy atom. The van der Waals surface area contributed by atoms with Crippen molar-refractivity contribution in [2.75, 3.05) is 32.8 Å². The zero-order valence-electron chi connectivity index (χ0n) is 12.7. The minimum absolute atomic E-state index is 0.0250. The number of carbonyl (C=O) groups excluding carboxylic acids is 1. The molecule has 0 aromatic carbocycles. The first kappa shape index (κ1) is 14.2. The molecule has 3 aliphatic heterocycles. The van der Waals surface area contributed by atoms with Crippen molar-refractivity contribution in [2.24, 2.45) is 5.41 Å². The number of ether oxygens (including phenoxy) is 1. The summed E-state index contributed by atoms with van der Waals surface area (Å²) < 4.78 is 11.3. The Labute approximate surface area is 129 Å². The lowest BCUT2D eigenvalue weighted by Crippen LogP contribution is -2.57. The van der Waals surface area contributed by atoms with Crippen LogP contribution in [0.15, 0.2) is 22.8 Å². The van der Waals surface area contributed by atoms with E-state index >= 15 is 0 Å². The van der Waals surface area contributed by atoms with E-state index < -0.39 is 5.41 Å². The van der Waals surface area contributed by atoms with Crippen LogP contribution in [0.4, 0.5) is 0 Å². The van der Waals surface area contributed by atoms with Gasteiger partial charge < -0.3 is 9.15 Å². The van der Waals surface area contributed by atoms with Crippen LogP contribution >= 0.6 is 0 Å². The summed E-state index contributed by atoms with van der Waals surface area (Å²) in [5.41, 5.74) is -0.449. The fourth-order valence-corrected chi connectivity index (χ4v) is 3.95. The summed E-state index contributed by atoms with van der Waals surface area (Å²) in [6, 6.07) is 3.88. The van der Waals surface area contributed by atoms with Crippen LogP contribution < -0.4 is 0 Å². The van der Waals surface area contributed by atoms with Crippen molar-refractivity contribution in [2.45, 2.75) is 31.9 Å². The van der Waals surface area contributed by atoms with Gasteiger partial charge in [-0.3, -0.25) is 14.5 Å². The number of amides is 1. The summed E-state index contributed by atoms with van der Waals surface area (Å²) in [4.78, 5) is 20.8. The van der Waals surface area contributed by atoms with Gasteiger partial charge >= 0.3 is 0 Å². The average molecular weight is 306 g/mol. The maximum absolute atomic E-state index is 13.0. The molecule has 4 heterocycles. The van der Waals surface area contributed by atoms with Crippen molar-refractivity contribution < 1.29 is 18.8 Å². The fourth-order valence-electron chi connectivity index (χ4n) is 3.95. The van der Waals surface area contributed by atoms with E-state index in [4.69, 9.17) is 14.0 Å². The van der Waals surface area contributed by atoms with Crippen LogP contribution in [0.1, 0.15) is 25.0 Å². The van der Waals surface area contributed by atoms with Gasteiger partial charge in [0.25, 0.3) is 5.91 Å². The second-order valence-electron chi connectivity index (χ2n) is 6.44. The third kappa shape index (κ3) is 2.35. The molecular weight excluding hydrogens is 284 g/mol. The van der Waals surface area contributed by atoms with Crippen molar-refractivity contribution in [3.8, 4) is 0 Å². The number of rotatable bonds is 3. The van der Waals surface area contributed by atoms with E-state index in [1.165, 1.54) is 0 Å². The number of furan rings is 1. The fraction of sp³-hybridized carbons (Fsp3) is 0.688. The van der Waals surface area contributed by atoms with E-state index in [9.17, 15) is 4.79 Å². The van der Waals surface area contributed by atoms with Gasteiger partial charge in [0.1, 0.15) is 5.76 Å². The molecule has 4 rings (SSSR count). The Bertz CT molecular complexity index is 526. The van der Waals surface area contributed by atoms with Crippen molar-refractivity contribution in [3.05, 3.63) is 24.2 Å². The number of hydrogen-bond acceptors (Lipinski definition) is 5. The number of likely N-dealkylation sites (tertiary alicyclic amines) is 1. The third-order valence-electron chi connectivity index (χ3n) is 5.06. The lowest BCUT2D eigenvalue weighted by Gasteiger charge is -2.43. The highest BCUT2D eigenvalue weighted by Crippen LogP contribution is 2.43. The lowest BCUT2D eigenvalue weighted by atomic mass is 9.75. The molecule has 6 nitrogen and oxygen atoms in total. The van der Waals surface area contributed by atoms with Crippen molar-refractivity contribution >= 4 is 5.91 Å². The van der Waals surface area contributed by atoms with Gasteiger partial charge in [-0.15, -0.1) is 0 Å². The maximum Gasteiger partial charge on any atom is 0.256 e. The van der Waals surface area contributed by atoms with Gasteiger partial charge in [-0.05, 0) is 31.4 Å². The number of hydrogen-bond donors (Lipinski definition) is 0. The van der Waals surface area contributed by atoms with E-state index in [0.717, 1.165) is 44.7 Å². The predicted molar refractivity (Wildman–Crippen MR) is 77.7 cm³/mol. The van der Waals surface area contributed by atoms with Crippen molar-refractivity contribution in [1.82, 2.24) is 9.96 Å². The number of nitrogens with zero attached hydrogens (tertiary/aromatic N) is 2. The number of fused-ring (bicyclic) bond motifs is 1.